The van der Waals surface area contributed by atoms with Crippen molar-refractivity contribution in [3.8, 4) is 11.4 Å². The average molecular weight is 425 g/mol. The van der Waals surface area contributed by atoms with Crippen molar-refractivity contribution in [3.63, 3.8) is 0 Å². The van der Waals surface area contributed by atoms with Crippen molar-refractivity contribution in [3.05, 3.63) is 70.6 Å². The van der Waals surface area contributed by atoms with E-state index in [2.05, 4.69) is 15.0 Å². The van der Waals surface area contributed by atoms with Crippen LogP contribution < -0.4 is 0 Å². The molecule has 30 heavy (non-hydrogen) atoms. The standard InChI is InChI=1S/C23H25ClN4O2/c1-27(16-21-25-22(26-30-21)18-9-11-20(24)12-10-18)23(29)19-7-5-17(6-8-19)15-28-13-3-2-4-14-28/h5-12H,2-4,13-16H2,1H3. The van der Waals surface area contributed by atoms with Crippen LogP contribution in [0.1, 0.15) is 41.1 Å². The molecule has 1 aromatic heterocycles. The summed E-state index contributed by atoms with van der Waals surface area (Å²) in [6.07, 6.45) is 3.88. The van der Waals surface area contributed by atoms with Crippen LogP contribution in [-0.2, 0) is 13.1 Å². The van der Waals surface area contributed by atoms with Gasteiger partial charge in [-0.2, -0.15) is 4.98 Å². The van der Waals surface area contributed by atoms with Gasteiger partial charge in [0.25, 0.3) is 5.91 Å². The number of carbonyl (C=O) groups is 1. The van der Waals surface area contributed by atoms with Gasteiger partial charge in [-0.15, -0.1) is 0 Å². The number of piperidine rings is 1. The SMILES string of the molecule is CN(Cc1nc(-c2ccc(Cl)cc2)no1)C(=O)c1ccc(CN2CCCCC2)cc1. The van der Waals surface area contributed by atoms with E-state index in [0.717, 1.165) is 25.2 Å². The second-order valence-corrected chi connectivity index (χ2v) is 8.15. The Morgan fingerprint density at radius 2 is 1.77 bits per heavy atom. The quantitative estimate of drug-likeness (QED) is 0.576. The van der Waals surface area contributed by atoms with Gasteiger partial charge in [-0.1, -0.05) is 35.3 Å². The molecule has 1 fully saturated rings. The molecule has 7 heteroatoms. The molecule has 6 nitrogen and oxygen atoms in total. The lowest BCUT2D eigenvalue weighted by molar-refractivity contribution is 0.0769. The molecule has 3 aromatic rings. The summed E-state index contributed by atoms with van der Waals surface area (Å²) in [5.74, 6) is 0.785. The summed E-state index contributed by atoms with van der Waals surface area (Å²) in [4.78, 5) is 21.2. The van der Waals surface area contributed by atoms with Crippen molar-refractivity contribution in [2.45, 2.75) is 32.4 Å². The van der Waals surface area contributed by atoms with Crippen molar-refractivity contribution >= 4 is 17.5 Å². The van der Waals surface area contributed by atoms with E-state index in [4.69, 9.17) is 16.1 Å². The van der Waals surface area contributed by atoms with Gasteiger partial charge < -0.3 is 9.42 Å². The molecular weight excluding hydrogens is 400 g/mol. The fourth-order valence-electron chi connectivity index (χ4n) is 3.66. The lowest BCUT2D eigenvalue weighted by atomic mass is 10.1. The van der Waals surface area contributed by atoms with Gasteiger partial charge >= 0.3 is 0 Å². The second-order valence-electron chi connectivity index (χ2n) is 7.71. The van der Waals surface area contributed by atoms with E-state index >= 15 is 0 Å². The molecule has 156 valence electrons. The van der Waals surface area contributed by atoms with Gasteiger partial charge in [0.1, 0.15) is 0 Å². The van der Waals surface area contributed by atoms with Crippen molar-refractivity contribution in [1.82, 2.24) is 19.9 Å². The van der Waals surface area contributed by atoms with Gasteiger partial charge in [-0.3, -0.25) is 9.69 Å². The van der Waals surface area contributed by atoms with E-state index in [9.17, 15) is 4.79 Å². The van der Waals surface area contributed by atoms with E-state index < -0.39 is 0 Å². The van der Waals surface area contributed by atoms with Gasteiger partial charge in [-0.25, -0.2) is 0 Å². The highest BCUT2D eigenvalue weighted by Crippen LogP contribution is 2.19. The zero-order valence-corrected chi connectivity index (χ0v) is 17.8. The normalized spacial score (nSPS) is 14.6. The Morgan fingerprint density at radius 1 is 1.07 bits per heavy atom. The number of likely N-dealkylation sites (tertiary alicyclic amines) is 1. The summed E-state index contributed by atoms with van der Waals surface area (Å²) in [5, 5.41) is 4.64. The molecule has 0 bridgehead atoms. The molecule has 0 atom stereocenters. The third-order valence-electron chi connectivity index (χ3n) is 5.35. The maximum absolute atomic E-state index is 12.8. The minimum absolute atomic E-state index is 0.0780. The fraction of sp³-hybridized carbons (Fsp3) is 0.348. The first kappa shape index (κ1) is 20.6. The first-order chi connectivity index (χ1) is 14.6. The molecule has 0 saturated carbocycles. The summed E-state index contributed by atoms with van der Waals surface area (Å²) in [7, 11) is 1.73. The van der Waals surface area contributed by atoms with Crippen molar-refractivity contribution in [2.24, 2.45) is 0 Å². The zero-order chi connectivity index (χ0) is 20.9. The number of halogens is 1. The highest BCUT2D eigenvalue weighted by molar-refractivity contribution is 6.30. The van der Waals surface area contributed by atoms with Gasteiger partial charge in [0.2, 0.25) is 11.7 Å². The number of hydrogen-bond donors (Lipinski definition) is 0. The summed E-state index contributed by atoms with van der Waals surface area (Å²) in [6.45, 7) is 3.51. The molecule has 1 aliphatic heterocycles. The van der Waals surface area contributed by atoms with E-state index in [1.54, 1.807) is 24.1 Å². The average Bonchev–Trinajstić information content (AvgIpc) is 3.23. The third-order valence-corrected chi connectivity index (χ3v) is 5.60. The first-order valence-electron chi connectivity index (χ1n) is 10.2. The highest BCUT2D eigenvalue weighted by atomic mass is 35.5. The van der Waals surface area contributed by atoms with Gasteiger partial charge in [-0.05, 0) is 67.9 Å². The Morgan fingerprint density at radius 3 is 2.47 bits per heavy atom. The van der Waals surface area contributed by atoms with Crippen molar-refractivity contribution < 1.29 is 9.32 Å². The Hall–Kier alpha value is -2.70. The van der Waals surface area contributed by atoms with Crippen LogP contribution in [0.3, 0.4) is 0 Å². The smallest absolute Gasteiger partial charge is 0.254 e. The van der Waals surface area contributed by atoms with E-state index in [0.29, 0.717) is 22.3 Å². The maximum Gasteiger partial charge on any atom is 0.254 e. The summed E-state index contributed by atoms with van der Waals surface area (Å²) in [5.41, 5.74) is 2.70. The van der Waals surface area contributed by atoms with E-state index in [1.807, 2.05) is 36.4 Å². The van der Waals surface area contributed by atoms with Crippen LogP contribution >= 0.6 is 11.6 Å². The molecule has 1 amide bonds. The molecular formula is C23H25ClN4O2. The Bertz CT molecular complexity index is 979. The van der Waals surface area contributed by atoms with Crippen LogP contribution in [0.2, 0.25) is 5.02 Å². The van der Waals surface area contributed by atoms with Crippen molar-refractivity contribution in [1.29, 1.82) is 0 Å². The number of nitrogens with zero attached hydrogens (tertiary/aromatic N) is 4. The van der Waals surface area contributed by atoms with Gasteiger partial charge in [0, 0.05) is 29.7 Å². The summed E-state index contributed by atoms with van der Waals surface area (Å²) in [6, 6.07) is 15.1. The van der Waals surface area contributed by atoms with Crippen LogP contribution in [-0.4, -0.2) is 46.0 Å². The Balaban J connectivity index is 1.36. The Labute approximate surface area is 181 Å². The lowest BCUT2D eigenvalue weighted by Crippen LogP contribution is -2.29. The molecule has 1 saturated heterocycles. The van der Waals surface area contributed by atoms with Crippen LogP contribution in [0.25, 0.3) is 11.4 Å². The highest BCUT2D eigenvalue weighted by Gasteiger charge is 2.17. The van der Waals surface area contributed by atoms with Crippen molar-refractivity contribution in [2.75, 3.05) is 20.1 Å². The van der Waals surface area contributed by atoms with Gasteiger partial charge in [0.15, 0.2) is 0 Å². The molecule has 0 spiro atoms. The maximum atomic E-state index is 12.8. The minimum atomic E-state index is -0.0780. The summed E-state index contributed by atoms with van der Waals surface area (Å²) < 4.78 is 5.32. The topological polar surface area (TPSA) is 62.5 Å². The molecule has 0 N–H and O–H groups in total. The number of hydrogen-bond acceptors (Lipinski definition) is 5. The van der Waals surface area contributed by atoms with Crippen LogP contribution in [0, 0.1) is 0 Å². The third kappa shape index (κ3) is 5.07. The second kappa shape index (κ2) is 9.41. The predicted molar refractivity (Wildman–Crippen MR) is 116 cm³/mol. The molecule has 2 heterocycles. The first-order valence-corrected chi connectivity index (χ1v) is 10.6. The predicted octanol–water partition coefficient (Wildman–Crippen LogP) is 4.65. The van der Waals surface area contributed by atoms with Gasteiger partial charge in [0.05, 0.1) is 6.54 Å². The zero-order valence-electron chi connectivity index (χ0n) is 17.1. The number of rotatable bonds is 6. The largest absolute Gasteiger partial charge is 0.337 e. The number of amides is 1. The minimum Gasteiger partial charge on any atom is -0.337 e. The van der Waals surface area contributed by atoms with Crippen LogP contribution in [0.15, 0.2) is 53.1 Å². The monoisotopic (exact) mass is 424 g/mol. The number of aromatic nitrogens is 2. The van der Waals surface area contributed by atoms with Crippen LogP contribution in [0.5, 0.6) is 0 Å². The van der Waals surface area contributed by atoms with E-state index in [1.165, 1.54) is 24.8 Å². The summed E-state index contributed by atoms with van der Waals surface area (Å²) >= 11 is 5.91. The van der Waals surface area contributed by atoms with Crippen LogP contribution in [0.4, 0.5) is 0 Å². The molecule has 4 rings (SSSR count). The number of carbonyl (C=O) groups excluding carboxylic acids is 1. The fourth-order valence-corrected chi connectivity index (χ4v) is 3.78. The molecule has 1 aliphatic rings. The molecule has 0 aliphatic carbocycles. The van der Waals surface area contributed by atoms with E-state index in [-0.39, 0.29) is 12.5 Å². The molecule has 0 unspecified atom stereocenters. The Kier molecular flexibility index (Phi) is 6.45. The molecule has 2 aromatic carbocycles. The lowest BCUT2D eigenvalue weighted by Gasteiger charge is -2.26. The number of benzene rings is 2. The molecule has 0 radical (unpaired) electrons.